The first-order valence-electron chi connectivity index (χ1n) is 5.56. The number of nitrogens with zero attached hydrogens (tertiary/aromatic N) is 2. The van der Waals surface area contributed by atoms with Gasteiger partial charge in [-0.2, -0.15) is 5.26 Å². The van der Waals surface area contributed by atoms with Crippen LogP contribution in [0.2, 0.25) is 0 Å². The summed E-state index contributed by atoms with van der Waals surface area (Å²) in [4.78, 5) is 13.4. The molecular formula is C12H16N2O3. The first-order chi connectivity index (χ1) is 8.27. The maximum atomic E-state index is 11.8. The van der Waals surface area contributed by atoms with Crippen LogP contribution in [0.3, 0.4) is 0 Å². The summed E-state index contributed by atoms with van der Waals surface area (Å²) in [5.74, 6) is 0.631. The van der Waals surface area contributed by atoms with Crippen molar-refractivity contribution in [3.63, 3.8) is 0 Å². The highest BCUT2D eigenvalue weighted by Crippen LogP contribution is 2.08. The number of aliphatic hydroxyl groups excluding tert-OH is 1. The molecule has 0 aliphatic carbocycles. The van der Waals surface area contributed by atoms with E-state index in [0.29, 0.717) is 38.1 Å². The molecule has 0 aliphatic heterocycles. The third-order valence-electron chi connectivity index (χ3n) is 2.32. The number of rotatable bonds is 7. The average molecular weight is 236 g/mol. The first-order valence-corrected chi connectivity index (χ1v) is 5.56. The fraction of sp³-hybridized carbons (Fsp3) is 0.500. The highest BCUT2D eigenvalue weighted by molar-refractivity contribution is 5.76. The molecule has 1 amide bonds. The van der Waals surface area contributed by atoms with Crippen LogP contribution >= 0.6 is 0 Å². The minimum absolute atomic E-state index is 0.00141. The number of amides is 1. The highest BCUT2D eigenvalue weighted by Gasteiger charge is 2.14. The SMILES string of the molecule is N#CCCN(Cc1ccco1)C(=O)CCCO. The topological polar surface area (TPSA) is 77.5 Å². The van der Waals surface area contributed by atoms with Crippen LogP contribution in [-0.2, 0) is 11.3 Å². The Balaban J connectivity index is 2.53. The van der Waals surface area contributed by atoms with Crippen LogP contribution in [0.15, 0.2) is 22.8 Å². The van der Waals surface area contributed by atoms with Gasteiger partial charge in [0.05, 0.1) is 25.3 Å². The summed E-state index contributed by atoms with van der Waals surface area (Å²) < 4.78 is 5.17. The fourth-order valence-electron chi connectivity index (χ4n) is 1.46. The molecule has 92 valence electrons. The maximum Gasteiger partial charge on any atom is 0.223 e. The number of nitriles is 1. The minimum atomic E-state index is -0.0642. The van der Waals surface area contributed by atoms with Crippen molar-refractivity contribution >= 4 is 5.91 Å². The van der Waals surface area contributed by atoms with Gasteiger partial charge in [-0.3, -0.25) is 4.79 Å². The molecular weight excluding hydrogens is 220 g/mol. The Hall–Kier alpha value is -1.80. The lowest BCUT2D eigenvalue weighted by atomic mass is 10.2. The zero-order valence-electron chi connectivity index (χ0n) is 9.63. The number of aliphatic hydroxyl groups is 1. The van der Waals surface area contributed by atoms with E-state index in [-0.39, 0.29) is 12.5 Å². The van der Waals surface area contributed by atoms with E-state index < -0.39 is 0 Å². The third kappa shape index (κ3) is 4.70. The van der Waals surface area contributed by atoms with Crippen LogP contribution in [0.5, 0.6) is 0 Å². The molecule has 0 atom stereocenters. The van der Waals surface area contributed by atoms with Gasteiger partial charge >= 0.3 is 0 Å². The number of furan rings is 1. The van der Waals surface area contributed by atoms with E-state index in [9.17, 15) is 4.79 Å². The van der Waals surface area contributed by atoms with Crippen molar-refractivity contribution in [2.24, 2.45) is 0 Å². The third-order valence-corrected chi connectivity index (χ3v) is 2.32. The van der Waals surface area contributed by atoms with Gasteiger partial charge in [0.25, 0.3) is 0 Å². The summed E-state index contributed by atoms with van der Waals surface area (Å²) in [6.07, 6.45) is 2.59. The minimum Gasteiger partial charge on any atom is -0.467 e. The molecule has 0 spiro atoms. The normalized spacial score (nSPS) is 9.88. The lowest BCUT2D eigenvalue weighted by Gasteiger charge is -2.20. The van der Waals surface area contributed by atoms with Gasteiger partial charge in [-0.05, 0) is 18.6 Å². The van der Waals surface area contributed by atoms with E-state index in [2.05, 4.69) is 0 Å². The number of carbonyl (C=O) groups excluding carboxylic acids is 1. The van der Waals surface area contributed by atoms with Crippen LogP contribution in [0.25, 0.3) is 0 Å². The van der Waals surface area contributed by atoms with Gasteiger partial charge in [-0.15, -0.1) is 0 Å². The summed E-state index contributed by atoms with van der Waals surface area (Å²) in [7, 11) is 0. The molecule has 1 aromatic rings. The summed E-state index contributed by atoms with van der Waals surface area (Å²) >= 11 is 0. The van der Waals surface area contributed by atoms with Crippen LogP contribution in [0, 0.1) is 11.3 Å². The Labute approximate surface area is 100 Å². The Morgan fingerprint density at radius 1 is 1.59 bits per heavy atom. The number of hydrogen-bond acceptors (Lipinski definition) is 4. The summed E-state index contributed by atoms with van der Waals surface area (Å²) in [5, 5.41) is 17.2. The first kappa shape index (κ1) is 13.3. The monoisotopic (exact) mass is 236 g/mol. The summed E-state index contributed by atoms with van der Waals surface area (Å²) in [5.41, 5.74) is 0. The molecule has 1 aromatic heterocycles. The Bertz CT molecular complexity index is 368. The number of hydrogen-bond donors (Lipinski definition) is 1. The number of carbonyl (C=O) groups is 1. The van der Waals surface area contributed by atoms with Crippen molar-refractivity contribution in [1.29, 1.82) is 5.26 Å². The Morgan fingerprint density at radius 3 is 3.00 bits per heavy atom. The lowest BCUT2D eigenvalue weighted by molar-refractivity contribution is -0.132. The summed E-state index contributed by atoms with van der Waals surface area (Å²) in [6.45, 7) is 0.763. The molecule has 5 nitrogen and oxygen atoms in total. The second-order valence-electron chi connectivity index (χ2n) is 3.63. The molecule has 0 fully saturated rings. The molecule has 0 saturated carbocycles. The van der Waals surface area contributed by atoms with Crippen LogP contribution < -0.4 is 0 Å². The van der Waals surface area contributed by atoms with Gasteiger partial charge in [0.2, 0.25) is 5.91 Å². The van der Waals surface area contributed by atoms with Crippen molar-refractivity contribution in [2.75, 3.05) is 13.2 Å². The largest absolute Gasteiger partial charge is 0.467 e. The van der Waals surface area contributed by atoms with Crippen molar-refractivity contribution in [3.05, 3.63) is 24.2 Å². The molecule has 0 bridgehead atoms. The quantitative estimate of drug-likeness (QED) is 0.774. The predicted octanol–water partition coefficient (Wildman–Crippen LogP) is 1.29. The fourth-order valence-corrected chi connectivity index (χ4v) is 1.46. The van der Waals surface area contributed by atoms with Crippen LogP contribution in [-0.4, -0.2) is 29.1 Å². The molecule has 1 heterocycles. The van der Waals surface area contributed by atoms with E-state index in [1.165, 1.54) is 0 Å². The zero-order valence-corrected chi connectivity index (χ0v) is 9.63. The van der Waals surface area contributed by atoms with E-state index in [1.807, 2.05) is 6.07 Å². The van der Waals surface area contributed by atoms with E-state index in [1.54, 1.807) is 23.3 Å². The maximum absolute atomic E-state index is 11.8. The smallest absolute Gasteiger partial charge is 0.223 e. The van der Waals surface area contributed by atoms with E-state index in [4.69, 9.17) is 14.8 Å². The molecule has 5 heteroatoms. The van der Waals surface area contributed by atoms with Gasteiger partial charge in [-0.1, -0.05) is 0 Å². The van der Waals surface area contributed by atoms with Gasteiger partial charge in [0.15, 0.2) is 0 Å². The van der Waals surface area contributed by atoms with Crippen LogP contribution in [0.4, 0.5) is 0 Å². The molecule has 0 aromatic carbocycles. The molecule has 0 radical (unpaired) electrons. The molecule has 0 saturated heterocycles. The summed E-state index contributed by atoms with van der Waals surface area (Å²) in [6, 6.07) is 5.57. The van der Waals surface area contributed by atoms with Crippen molar-refractivity contribution in [3.8, 4) is 6.07 Å². The van der Waals surface area contributed by atoms with Gasteiger partial charge in [0, 0.05) is 19.6 Å². The molecule has 17 heavy (non-hydrogen) atoms. The van der Waals surface area contributed by atoms with E-state index in [0.717, 1.165) is 0 Å². The second kappa shape index (κ2) is 7.47. The van der Waals surface area contributed by atoms with Crippen molar-refractivity contribution < 1.29 is 14.3 Å². The van der Waals surface area contributed by atoms with Crippen molar-refractivity contribution in [2.45, 2.75) is 25.8 Å². The lowest BCUT2D eigenvalue weighted by Crippen LogP contribution is -2.31. The second-order valence-corrected chi connectivity index (χ2v) is 3.63. The highest BCUT2D eigenvalue weighted by atomic mass is 16.3. The predicted molar refractivity (Wildman–Crippen MR) is 60.7 cm³/mol. The zero-order chi connectivity index (χ0) is 12.5. The van der Waals surface area contributed by atoms with E-state index >= 15 is 0 Å². The van der Waals surface area contributed by atoms with Gasteiger partial charge < -0.3 is 14.4 Å². The average Bonchev–Trinajstić information content (AvgIpc) is 2.84. The molecule has 0 unspecified atom stereocenters. The Kier molecular flexibility index (Phi) is 5.83. The molecule has 1 rings (SSSR count). The standard InChI is InChI=1S/C12H16N2O3/c13-6-3-7-14(12(16)5-1-8-15)10-11-4-2-9-17-11/h2,4,9,15H,1,3,5,7-8,10H2. The van der Waals surface area contributed by atoms with Gasteiger partial charge in [-0.25, -0.2) is 0 Å². The van der Waals surface area contributed by atoms with Crippen LogP contribution in [0.1, 0.15) is 25.0 Å². The Morgan fingerprint density at radius 2 is 2.41 bits per heavy atom. The molecule has 0 aliphatic rings. The van der Waals surface area contributed by atoms with Crippen molar-refractivity contribution in [1.82, 2.24) is 4.90 Å². The molecule has 1 N–H and O–H groups in total. The van der Waals surface area contributed by atoms with Gasteiger partial charge in [0.1, 0.15) is 5.76 Å².